The van der Waals surface area contributed by atoms with Crippen molar-refractivity contribution in [2.75, 3.05) is 12.0 Å². The molecule has 0 spiro atoms. The second kappa shape index (κ2) is 7.48. The number of hydrogen-bond acceptors (Lipinski definition) is 3. The summed E-state index contributed by atoms with van der Waals surface area (Å²) in [7, 11) is 1.57. The molecule has 4 nitrogen and oxygen atoms in total. The largest absolute Gasteiger partial charge is 0.496 e. The summed E-state index contributed by atoms with van der Waals surface area (Å²) in [5, 5.41) is 0. The first-order chi connectivity index (χ1) is 13.7. The normalized spacial score (nSPS) is 15.1. The Balaban J connectivity index is 1.87. The molecule has 3 aromatic carbocycles. The lowest BCUT2D eigenvalue weighted by Crippen LogP contribution is -2.33. The smallest absolute Gasteiger partial charge is 0.282 e. The van der Waals surface area contributed by atoms with E-state index in [0.717, 1.165) is 5.56 Å². The van der Waals surface area contributed by atoms with E-state index in [4.69, 9.17) is 4.74 Å². The van der Waals surface area contributed by atoms with Crippen LogP contribution in [0.15, 0.2) is 89.6 Å². The number of rotatable bonds is 4. The lowest BCUT2D eigenvalue weighted by atomic mass is 10.1. The third kappa shape index (κ3) is 3.18. The number of amides is 1. The van der Waals surface area contributed by atoms with E-state index in [2.05, 4.69) is 4.99 Å². The molecule has 4 rings (SSSR count). The summed E-state index contributed by atoms with van der Waals surface area (Å²) < 4.78 is 19.8. The maximum atomic E-state index is 14.5. The average molecular weight is 372 g/mol. The molecule has 0 radical (unpaired) electrons. The SMILES string of the molecule is COc1ccccc1/C=C1/N=C(c2ccccc2F)N(c2ccccc2)C1=O. The molecule has 0 bridgehead atoms. The molecule has 0 aromatic heterocycles. The Hall–Kier alpha value is -3.73. The molecule has 5 heteroatoms. The van der Waals surface area contributed by atoms with Crippen LogP contribution in [0.3, 0.4) is 0 Å². The second-order valence-corrected chi connectivity index (χ2v) is 6.16. The molecule has 28 heavy (non-hydrogen) atoms. The van der Waals surface area contributed by atoms with Gasteiger partial charge >= 0.3 is 0 Å². The topological polar surface area (TPSA) is 41.9 Å². The number of para-hydroxylation sites is 2. The third-order valence-electron chi connectivity index (χ3n) is 4.42. The number of halogens is 1. The summed E-state index contributed by atoms with van der Waals surface area (Å²) in [5.74, 6) is 0.128. The predicted octanol–water partition coefficient (Wildman–Crippen LogP) is 4.67. The lowest BCUT2D eigenvalue weighted by Gasteiger charge is -2.18. The highest BCUT2D eigenvalue weighted by atomic mass is 19.1. The van der Waals surface area contributed by atoms with Gasteiger partial charge in [0.1, 0.15) is 17.3 Å². The first-order valence-corrected chi connectivity index (χ1v) is 8.77. The highest BCUT2D eigenvalue weighted by Gasteiger charge is 2.33. The predicted molar refractivity (Wildman–Crippen MR) is 108 cm³/mol. The van der Waals surface area contributed by atoms with E-state index in [1.165, 1.54) is 11.0 Å². The summed E-state index contributed by atoms with van der Waals surface area (Å²) in [6.07, 6.45) is 1.66. The number of amidine groups is 1. The average Bonchev–Trinajstić information content (AvgIpc) is 3.05. The van der Waals surface area contributed by atoms with Gasteiger partial charge in [-0.25, -0.2) is 9.38 Å². The van der Waals surface area contributed by atoms with E-state index < -0.39 is 5.82 Å². The molecule has 1 heterocycles. The van der Waals surface area contributed by atoms with Crippen LogP contribution >= 0.6 is 0 Å². The van der Waals surface area contributed by atoms with Crippen molar-refractivity contribution in [2.24, 2.45) is 4.99 Å². The number of nitrogens with zero attached hydrogens (tertiary/aromatic N) is 2. The summed E-state index contributed by atoms with van der Waals surface area (Å²) in [6, 6.07) is 22.7. The molecule has 1 aliphatic rings. The number of ether oxygens (including phenoxy) is 1. The molecule has 3 aromatic rings. The van der Waals surface area contributed by atoms with Gasteiger partial charge in [-0.3, -0.25) is 9.69 Å². The van der Waals surface area contributed by atoms with Crippen LogP contribution in [0.5, 0.6) is 5.75 Å². The molecule has 138 valence electrons. The number of carbonyl (C=O) groups excluding carboxylic acids is 1. The van der Waals surface area contributed by atoms with Crippen molar-refractivity contribution in [3.63, 3.8) is 0 Å². The van der Waals surface area contributed by atoms with E-state index in [0.29, 0.717) is 11.4 Å². The maximum Gasteiger partial charge on any atom is 0.282 e. The molecule has 0 atom stereocenters. The molecule has 0 saturated heterocycles. The molecule has 0 unspecified atom stereocenters. The van der Waals surface area contributed by atoms with Crippen molar-refractivity contribution in [1.29, 1.82) is 0 Å². The standard InChI is InChI=1S/C23H17FN2O2/c1-28-21-14-8-5-9-16(21)15-20-23(27)26(17-10-3-2-4-11-17)22(25-20)18-12-6-7-13-19(18)24/h2-15H,1H3/b20-15+. The van der Waals surface area contributed by atoms with Crippen molar-refractivity contribution < 1.29 is 13.9 Å². The molecule has 0 fully saturated rings. The van der Waals surface area contributed by atoms with E-state index in [-0.39, 0.29) is 23.0 Å². The fourth-order valence-electron chi connectivity index (χ4n) is 3.09. The Labute approximate surface area is 162 Å². The zero-order valence-electron chi connectivity index (χ0n) is 15.2. The molecule has 0 saturated carbocycles. The van der Waals surface area contributed by atoms with Gasteiger partial charge in [0.25, 0.3) is 5.91 Å². The summed E-state index contributed by atoms with van der Waals surface area (Å²) in [4.78, 5) is 19.1. The van der Waals surface area contributed by atoms with Crippen LogP contribution in [-0.4, -0.2) is 18.9 Å². The van der Waals surface area contributed by atoms with Gasteiger partial charge < -0.3 is 4.74 Å². The van der Waals surface area contributed by atoms with Gasteiger partial charge in [0.05, 0.1) is 18.4 Å². The molecular weight excluding hydrogens is 355 g/mol. The van der Waals surface area contributed by atoms with Crippen LogP contribution in [0.25, 0.3) is 6.08 Å². The number of methoxy groups -OCH3 is 1. The Kier molecular flexibility index (Phi) is 4.72. The molecule has 0 N–H and O–H groups in total. The van der Waals surface area contributed by atoms with E-state index in [9.17, 15) is 9.18 Å². The monoisotopic (exact) mass is 372 g/mol. The van der Waals surface area contributed by atoms with Crippen LogP contribution in [0.2, 0.25) is 0 Å². The Bertz CT molecular complexity index is 1090. The van der Waals surface area contributed by atoms with Crippen LogP contribution in [0, 0.1) is 5.82 Å². The van der Waals surface area contributed by atoms with Crippen molar-refractivity contribution in [3.8, 4) is 5.75 Å². The maximum absolute atomic E-state index is 14.5. The van der Waals surface area contributed by atoms with Crippen molar-refractivity contribution >= 4 is 23.5 Å². The van der Waals surface area contributed by atoms with Gasteiger partial charge in [-0.05, 0) is 36.4 Å². The van der Waals surface area contributed by atoms with Gasteiger partial charge in [0.15, 0.2) is 5.84 Å². The highest BCUT2D eigenvalue weighted by molar-refractivity contribution is 6.33. The zero-order chi connectivity index (χ0) is 19.5. The van der Waals surface area contributed by atoms with Crippen LogP contribution in [-0.2, 0) is 4.79 Å². The molecule has 0 aliphatic carbocycles. The lowest BCUT2D eigenvalue weighted by molar-refractivity contribution is -0.113. The summed E-state index contributed by atoms with van der Waals surface area (Å²) in [5.41, 5.74) is 1.83. The second-order valence-electron chi connectivity index (χ2n) is 6.16. The number of aliphatic imine (C=N–C) groups is 1. The van der Waals surface area contributed by atoms with Crippen molar-refractivity contribution in [1.82, 2.24) is 0 Å². The molecule has 1 aliphatic heterocycles. The summed E-state index contributed by atoms with van der Waals surface area (Å²) in [6.45, 7) is 0. The third-order valence-corrected chi connectivity index (χ3v) is 4.42. The number of carbonyl (C=O) groups is 1. The minimum atomic E-state index is -0.437. The van der Waals surface area contributed by atoms with Crippen LogP contribution in [0.4, 0.5) is 10.1 Å². The number of anilines is 1. The zero-order valence-corrected chi connectivity index (χ0v) is 15.2. The number of benzene rings is 3. The first-order valence-electron chi connectivity index (χ1n) is 8.77. The van der Waals surface area contributed by atoms with Gasteiger partial charge in [-0.15, -0.1) is 0 Å². The molecule has 1 amide bonds. The Morgan fingerprint density at radius 1 is 0.929 bits per heavy atom. The van der Waals surface area contributed by atoms with E-state index in [1.54, 1.807) is 43.5 Å². The number of hydrogen-bond donors (Lipinski definition) is 0. The van der Waals surface area contributed by atoms with Crippen LogP contribution < -0.4 is 9.64 Å². The highest BCUT2D eigenvalue weighted by Crippen LogP contribution is 2.30. The van der Waals surface area contributed by atoms with Crippen molar-refractivity contribution in [3.05, 3.63) is 102 Å². The quantitative estimate of drug-likeness (QED) is 0.625. The Morgan fingerprint density at radius 2 is 1.61 bits per heavy atom. The minimum absolute atomic E-state index is 0.214. The van der Waals surface area contributed by atoms with Gasteiger partial charge in [0, 0.05) is 5.56 Å². The fraction of sp³-hybridized carbons (Fsp3) is 0.0435. The van der Waals surface area contributed by atoms with Gasteiger partial charge in [0.2, 0.25) is 0 Å². The van der Waals surface area contributed by atoms with Crippen molar-refractivity contribution in [2.45, 2.75) is 0 Å². The van der Waals surface area contributed by atoms with Gasteiger partial charge in [-0.2, -0.15) is 0 Å². The summed E-state index contributed by atoms with van der Waals surface area (Å²) >= 11 is 0. The minimum Gasteiger partial charge on any atom is -0.496 e. The first kappa shape index (κ1) is 17.7. The van der Waals surface area contributed by atoms with E-state index in [1.807, 2.05) is 42.5 Å². The van der Waals surface area contributed by atoms with Crippen LogP contribution in [0.1, 0.15) is 11.1 Å². The fourth-order valence-corrected chi connectivity index (χ4v) is 3.09. The van der Waals surface area contributed by atoms with Gasteiger partial charge in [-0.1, -0.05) is 48.5 Å². The Morgan fingerprint density at radius 3 is 2.36 bits per heavy atom. The van der Waals surface area contributed by atoms with E-state index >= 15 is 0 Å². The molecular formula is C23H17FN2O2.